The van der Waals surface area contributed by atoms with E-state index in [0.29, 0.717) is 13.2 Å². The number of benzene rings is 1. The smallest absolute Gasteiger partial charge is 0.240 e. The van der Waals surface area contributed by atoms with Gasteiger partial charge < -0.3 is 15.0 Å². The molecule has 1 unspecified atom stereocenters. The number of H-pyrrole nitrogens is 1. The molecule has 2 aliphatic heterocycles. The monoisotopic (exact) mass is 379 g/mol. The second-order valence-electron chi connectivity index (χ2n) is 7.51. The van der Waals surface area contributed by atoms with E-state index in [1.54, 1.807) is 4.90 Å². The highest BCUT2D eigenvalue weighted by atomic mass is 16.5. The second-order valence-corrected chi connectivity index (χ2v) is 7.51. The highest BCUT2D eigenvalue weighted by Gasteiger charge is 2.32. The van der Waals surface area contributed by atoms with Gasteiger partial charge in [-0.3, -0.25) is 4.90 Å². The van der Waals surface area contributed by atoms with Gasteiger partial charge in [0, 0.05) is 6.42 Å². The quantitative estimate of drug-likeness (QED) is 0.806. The number of hydrogen-bond acceptors (Lipinski definition) is 4. The highest BCUT2D eigenvalue weighted by Crippen LogP contribution is 2.28. The predicted molar refractivity (Wildman–Crippen MR) is 108 cm³/mol. The largest absolute Gasteiger partial charge is 0.375 e. The molecule has 0 spiro atoms. The first-order valence-electron chi connectivity index (χ1n) is 10.2. The number of morpholine rings is 1. The number of rotatable bonds is 5. The Balaban J connectivity index is 1.72. The summed E-state index contributed by atoms with van der Waals surface area (Å²) in [5, 5.41) is 13.6. The molecule has 28 heavy (non-hydrogen) atoms. The lowest BCUT2D eigenvalue weighted by Gasteiger charge is -2.29. The Hall–Kier alpha value is -2.62. The number of nitrogens with one attached hydrogen (secondary N) is 3. The molecule has 0 radical (unpaired) electrons. The van der Waals surface area contributed by atoms with Gasteiger partial charge in [0.1, 0.15) is 18.2 Å². The number of anilines is 2. The Morgan fingerprint density at radius 3 is 2.71 bits per heavy atom. The van der Waals surface area contributed by atoms with Crippen LogP contribution in [0.3, 0.4) is 0 Å². The minimum atomic E-state index is 0.705. The molecule has 0 amide bonds. The standard InChI is InChI=1S/C22H27N5O/c1-2-26-9-8-18-19(14-23)22(27-10-12-28-13-11-27)25-21(20(18)16-26)24-15-17-6-4-3-5-7-17/h3-7H,2,8-13,15-16H2,1H3,(H,24,25)/p+2. The number of aromatic nitrogens is 1. The molecule has 1 saturated heterocycles. The molecule has 1 aromatic carbocycles. The maximum atomic E-state index is 9.97. The molecule has 1 fully saturated rings. The minimum absolute atomic E-state index is 0.705. The van der Waals surface area contributed by atoms with E-state index in [1.807, 2.05) is 6.07 Å². The number of likely N-dealkylation sites (N-methyl/N-ethyl adjacent to an activating group) is 1. The Kier molecular flexibility index (Phi) is 5.75. The van der Waals surface area contributed by atoms with Crippen LogP contribution in [0.1, 0.15) is 29.2 Å². The predicted octanol–water partition coefficient (Wildman–Crippen LogP) is 0.782. The number of quaternary nitrogens is 1. The highest BCUT2D eigenvalue weighted by molar-refractivity contribution is 5.62. The van der Waals surface area contributed by atoms with Crippen LogP contribution in [-0.4, -0.2) is 39.4 Å². The lowest BCUT2D eigenvalue weighted by molar-refractivity contribution is -0.914. The number of ether oxygens (including phenoxy) is 1. The summed E-state index contributed by atoms with van der Waals surface area (Å²) in [5.41, 5.74) is 4.55. The van der Waals surface area contributed by atoms with Crippen LogP contribution in [0.15, 0.2) is 30.3 Å². The number of pyridine rings is 1. The molecule has 0 aliphatic carbocycles. The number of fused-ring (bicyclic) bond motifs is 1. The first-order valence-corrected chi connectivity index (χ1v) is 10.2. The summed E-state index contributed by atoms with van der Waals surface area (Å²) < 4.78 is 5.51. The lowest BCUT2D eigenvalue weighted by Crippen LogP contribution is -3.11. The van der Waals surface area contributed by atoms with Gasteiger partial charge in [0.25, 0.3) is 0 Å². The summed E-state index contributed by atoms with van der Waals surface area (Å²) in [6.07, 6.45) is 0.952. The van der Waals surface area contributed by atoms with Crippen LogP contribution < -0.4 is 20.1 Å². The van der Waals surface area contributed by atoms with E-state index in [2.05, 4.69) is 52.5 Å². The van der Waals surface area contributed by atoms with Crippen molar-refractivity contribution in [2.45, 2.75) is 26.4 Å². The number of nitrogens with zero attached hydrogens (tertiary/aromatic N) is 2. The van der Waals surface area contributed by atoms with Gasteiger partial charge in [0.2, 0.25) is 11.6 Å². The van der Waals surface area contributed by atoms with Crippen LogP contribution in [0.25, 0.3) is 0 Å². The maximum Gasteiger partial charge on any atom is 0.240 e. The van der Waals surface area contributed by atoms with Crippen molar-refractivity contribution in [1.29, 1.82) is 5.26 Å². The van der Waals surface area contributed by atoms with Crippen LogP contribution in [0.2, 0.25) is 0 Å². The van der Waals surface area contributed by atoms with E-state index in [0.717, 1.165) is 62.9 Å². The van der Waals surface area contributed by atoms with E-state index in [4.69, 9.17) is 4.74 Å². The minimum Gasteiger partial charge on any atom is -0.375 e. The normalized spacial score (nSPS) is 19.0. The van der Waals surface area contributed by atoms with Crippen LogP contribution >= 0.6 is 0 Å². The van der Waals surface area contributed by atoms with Crippen molar-refractivity contribution in [3.05, 3.63) is 52.6 Å². The van der Waals surface area contributed by atoms with E-state index < -0.39 is 0 Å². The molecule has 2 aliphatic rings. The molecule has 3 heterocycles. The van der Waals surface area contributed by atoms with Crippen LogP contribution in [0.4, 0.5) is 11.6 Å². The third-order valence-corrected chi connectivity index (χ3v) is 5.85. The van der Waals surface area contributed by atoms with E-state index in [1.165, 1.54) is 16.7 Å². The Labute approximate surface area is 166 Å². The Morgan fingerprint density at radius 1 is 1.21 bits per heavy atom. The van der Waals surface area contributed by atoms with Crippen LogP contribution in [0, 0.1) is 11.3 Å². The molecular weight excluding hydrogens is 350 g/mol. The molecule has 6 nitrogen and oxygen atoms in total. The van der Waals surface area contributed by atoms with Gasteiger partial charge in [-0.1, -0.05) is 30.3 Å². The van der Waals surface area contributed by atoms with Crippen molar-refractivity contribution >= 4 is 11.6 Å². The van der Waals surface area contributed by atoms with Crippen LogP contribution in [-0.2, 0) is 24.2 Å². The third kappa shape index (κ3) is 3.82. The average Bonchev–Trinajstić information content (AvgIpc) is 2.77. The van der Waals surface area contributed by atoms with Crippen molar-refractivity contribution in [1.82, 2.24) is 0 Å². The average molecular weight is 380 g/mol. The molecule has 1 atom stereocenters. The fraction of sp³-hybridized carbons (Fsp3) is 0.455. The van der Waals surface area contributed by atoms with Gasteiger partial charge in [-0.2, -0.15) is 5.26 Å². The van der Waals surface area contributed by atoms with Gasteiger partial charge in [0.05, 0.1) is 51.5 Å². The topological polar surface area (TPSA) is 66.9 Å². The molecule has 4 rings (SSSR count). The number of hydrogen-bond donors (Lipinski definition) is 2. The SMILES string of the molecule is CC[NH+]1CCc2c(C#N)c(N3CCOCC3)[nH+]c(NCc3ccccc3)c2C1. The molecule has 2 aromatic rings. The van der Waals surface area contributed by atoms with Gasteiger partial charge in [-0.25, -0.2) is 4.98 Å². The first kappa shape index (κ1) is 18.7. The molecule has 0 bridgehead atoms. The Morgan fingerprint density at radius 2 is 2.00 bits per heavy atom. The molecular formula is C22H29N5O+2. The molecule has 1 aromatic heterocycles. The van der Waals surface area contributed by atoms with Crippen LogP contribution in [0.5, 0.6) is 0 Å². The summed E-state index contributed by atoms with van der Waals surface area (Å²) in [7, 11) is 0. The molecule has 3 N–H and O–H groups in total. The summed E-state index contributed by atoms with van der Waals surface area (Å²) in [5.74, 6) is 2.00. The van der Waals surface area contributed by atoms with Crippen molar-refractivity contribution < 1.29 is 14.6 Å². The summed E-state index contributed by atoms with van der Waals surface area (Å²) in [6.45, 7) is 9.18. The second kappa shape index (κ2) is 8.59. The van der Waals surface area contributed by atoms with E-state index >= 15 is 0 Å². The van der Waals surface area contributed by atoms with Crippen molar-refractivity contribution in [3.8, 4) is 6.07 Å². The van der Waals surface area contributed by atoms with Crippen molar-refractivity contribution in [2.24, 2.45) is 0 Å². The molecule has 0 saturated carbocycles. The maximum absolute atomic E-state index is 9.97. The lowest BCUT2D eigenvalue weighted by atomic mass is 9.95. The number of aromatic amines is 1. The molecule has 146 valence electrons. The summed E-state index contributed by atoms with van der Waals surface area (Å²) in [4.78, 5) is 7.42. The van der Waals surface area contributed by atoms with Crippen molar-refractivity contribution in [3.63, 3.8) is 0 Å². The fourth-order valence-corrected chi connectivity index (χ4v) is 4.20. The van der Waals surface area contributed by atoms with Gasteiger partial charge in [-0.05, 0) is 18.1 Å². The zero-order chi connectivity index (χ0) is 19.3. The van der Waals surface area contributed by atoms with Crippen molar-refractivity contribution in [2.75, 3.05) is 49.6 Å². The zero-order valence-electron chi connectivity index (χ0n) is 16.6. The summed E-state index contributed by atoms with van der Waals surface area (Å²) in [6, 6.07) is 12.9. The Bertz CT molecular complexity index is 855. The summed E-state index contributed by atoms with van der Waals surface area (Å²) >= 11 is 0. The third-order valence-electron chi connectivity index (χ3n) is 5.85. The number of nitriles is 1. The first-order chi connectivity index (χ1) is 13.8. The van der Waals surface area contributed by atoms with Gasteiger partial charge in [-0.15, -0.1) is 0 Å². The zero-order valence-corrected chi connectivity index (χ0v) is 16.6. The van der Waals surface area contributed by atoms with Gasteiger partial charge >= 0.3 is 0 Å². The van der Waals surface area contributed by atoms with E-state index in [-0.39, 0.29) is 0 Å². The fourth-order valence-electron chi connectivity index (χ4n) is 4.20. The van der Waals surface area contributed by atoms with E-state index in [9.17, 15) is 5.26 Å². The van der Waals surface area contributed by atoms with Gasteiger partial charge in [0.15, 0.2) is 0 Å². The molecule has 6 heteroatoms.